The molecule has 1 heterocycles. The predicted molar refractivity (Wildman–Crippen MR) is 138 cm³/mol. The second kappa shape index (κ2) is 13.4. The van der Waals surface area contributed by atoms with Gasteiger partial charge in [0.25, 0.3) is 0 Å². The maximum Gasteiger partial charge on any atom is 0.224 e. The Morgan fingerprint density at radius 3 is 2.59 bits per heavy atom. The molecule has 182 valence electrons. The van der Waals surface area contributed by atoms with Gasteiger partial charge in [0.2, 0.25) is 5.91 Å². The molecule has 0 radical (unpaired) electrons. The van der Waals surface area contributed by atoms with Crippen LogP contribution in [0.1, 0.15) is 57.4 Å². The molecule has 0 saturated carbocycles. The molecule has 1 amide bonds. The molecule has 1 aromatic heterocycles. The van der Waals surface area contributed by atoms with Gasteiger partial charge in [-0.2, -0.15) is 0 Å². The summed E-state index contributed by atoms with van der Waals surface area (Å²) in [4.78, 5) is 16.9. The van der Waals surface area contributed by atoms with E-state index in [2.05, 4.69) is 21.8 Å². The molecule has 0 fully saturated rings. The van der Waals surface area contributed by atoms with Crippen LogP contribution in [0.5, 0.6) is 11.5 Å². The fraction of sp³-hybridized carbons (Fsp3) is 0.429. The fourth-order valence-electron chi connectivity index (χ4n) is 3.83. The Hall–Kier alpha value is -3.28. The number of benzene rings is 2. The van der Waals surface area contributed by atoms with E-state index >= 15 is 0 Å². The monoisotopic (exact) mass is 463 g/mol. The van der Waals surface area contributed by atoms with Crippen molar-refractivity contribution in [3.63, 3.8) is 0 Å². The zero-order valence-electron chi connectivity index (χ0n) is 20.7. The molecular formula is C28H37N3O3. The zero-order chi connectivity index (χ0) is 24.2. The lowest BCUT2D eigenvalue weighted by Crippen LogP contribution is -2.14. The minimum Gasteiger partial charge on any atom is -0.497 e. The number of nitrogens with one attached hydrogen (secondary N) is 1. The number of methoxy groups -OCH3 is 1. The SMILES string of the molecule is CCCCCCCC(=O)Nc1c(C)cccc1OCCCn1cnc(-c2ccc(OC)cc2)c1. The van der Waals surface area contributed by atoms with Crippen molar-refractivity contribution in [2.24, 2.45) is 0 Å². The summed E-state index contributed by atoms with van der Waals surface area (Å²) in [5.74, 6) is 1.61. The average Bonchev–Trinajstić information content (AvgIpc) is 3.32. The Kier molecular flexibility index (Phi) is 10.0. The van der Waals surface area contributed by atoms with E-state index in [1.165, 1.54) is 19.3 Å². The number of imidazole rings is 1. The highest BCUT2D eigenvalue weighted by Crippen LogP contribution is 2.28. The number of anilines is 1. The molecule has 0 unspecified atom stereocenters. The lowest BCUT2D eigenvalue weighted by atomic mass is 10.1. The molecule has 0 saturated heterocycles. The number of ether oxygens (including phenoxy) is 2. The maximum atomic E-state index is 12.4. The maximum absolute atomic E-state index is 12.4. The summed E-state index contributed by atoms with van der Waals surface area (Å²) in [7, 11) is 1.66. The lowest BCUT2D eigenvalue weighted by Gasteiger charge is -2.15. The number of aryl methyl sites for hydroxylation is 2. The third kappa shape index (κ3) is 7.65. The Balaban J connectivity index is 1.47. The minimum atomic E-state index is 0.0557. The highest BCUT2D eigenvalue weighted by atomic mass is 16.5. The number of rotatable bonds is 14. The number of carbonyl (C=O) groups excluding carboxylic acids is 1. The molecule has 0 spiro atoms. The lowest BCUT2D eigenvalue weighted by molar-refractivity contribution is -0.116. The van der Waals surface area contributed by atoms with Crippen molar-refractivity contribution in [2.45, 2.75) is 65.3 Å². The number of hydrogen-bond acceptors (Lipinski definition) is 4. The van der Waals surface area contributed by atoms with Gasteiger partial charge in [0, 0.05) is 24.7 Å². The summed E-state index contributed by atoms with van der Waals surface area (Å²) in [5.41, 5.74) is 3.78. The summed E-state index contributed by atoms with van der Waals surface area (Å²) >= 11 is 0. The number of nitrogens with zero attached hydrogens (tertiary/aromatic N) is 2. The second-order valence-electron chi connectivity index (χ2n) is 8.59. The van der Waals surface area contributed by atoms with E-state index in [9.17, 15) is 4.79 Å². The first kappa shape index (κ1) is 25.3. The summed E-state index contributed by atoms with van der Waals surface area (Å²) in [6, 6.07) is 13.8. The fourth-order valence-corrected chi connectivity index (χ4v) is 3.83. The summed E-state index contributed by atoms with van der Waals surface area (Å²) in [5, 5.41) is 3.07. The smallest absolute Gasteiger partial charge is 0.224 e. The molecule has 2 aromatic carbocycles. The molecule has 0 bridgehead atoms. The molecule has 0 atom stereocenters. The molecule has 3 rings (SSSR count). The van der Waals surface area contributed by atoms with Crippen LogP contribution in [0, 0.1) is 6.92 Å². The van der Waals surface area contributed by atoms with Crippen LogP contribution in [0.2, 0.25) is 0 Å². The van der Waals surface area contributed by atoms with Gasteiger partial charge in [0.15, 0.2) is 0 Å². The van der Waals surface area contributed by atoms with E-state index in [0.29, 0.717) is 13.0 Å². The summed E-state index contributed by atoms with van der Waals surface area (Å²) in [6.07, 6.45) is 10.9. The van der Waals surface area contributed by atoms with Crippen molar-refractivity contribution in [1.82, 2.24) is 9.55 Å². The van der Waals surface area contributed by atoms with Gasteiger partial charge in [-0.25, -0.2) is 4.98 Å². The summed E-state index contributed by atoms with van der Waals surface area (Å²) < 4.78 is 13.3. The number of carbonyl (C=O) groups is 1. The molecule has 0 aliphatic heterocycles. The zero-order valence-corrected chi connectivity index (χ0v) is 20.7. The number of hydrogen-bond donors (Lipinski definition) is 1. The molecule has 1 N–H and O–H groups in total. The quantitative estimate of drug-likeness (QED) is 0.272. The molecule has 34 heavy (non-hydrogen) atoms. The molecule has 0 aliphatic carbocycles. The Labute approximate surface area is 203 Å². The number of aromatic nitrogens is 2. The van der Waals surface area contributed by atoms with Gasteiger partial charge in [0.1, 0.15) is 11.5 Å². The van der Waals surface area contributed by atoms with E-state index in [1.807, 2.05) is 61.9 Å². The van der Waals surface area contributed by atoms with Gasteiger partial charge in [-0.1, -0.05) is 44.7 Å². The first-order valence-corrected chi connectivity index (χ1v) is 12.3. The van der Waals surface area contributed by atoms with Crippen LogP contribution < -0.4 is 14.8 Å². The van der Waals surface area contributed by atoms with Crippen molar-refractivity contribution in [3.8, 4) is 22.8 Å². The van der Waals surface area contributed by atoms with E-state index in [0.717, 1.165) is 59.8 Å². The van der Waals surface area contributed by atoms with Crippen LogP contribution in [0.15, 0.2) is 55.0 Å². The highest BCUT2D eigenvalue weighted by molar-refractivity contribution is 5.93. The molecule has 0 aliphatic rings. The largest absolute Gasteiger partial charge is 0.497 e. The van der Waals surface area contributed by atoms with Crippen LogP contribution in [0.3, 0.4) is 0 Å². The number of unbranched alkanes of at least 4 members (excludes halogenated alkanes) is 4. The van der Waals surface area contributed by atoms with Crippen LogP contribution in [-0.4, -0.2) is 29.2 Å². The van der Waals surface area contributed by atoms with Gasteiger partial charge >= 0.3 is 0 Å². The van der Waals surface area contributed by atoms with Gasteiger partial charge in [-0.15, -0.1) is 0 Å². The Morgan fingerprint density at radius 1 is 1.03 bits per heavy atom. The van der Waals surface area contributed by atoms with E-state index < -0.39 is 0 Å². The second-order valence-corrected chi connectivity index (χ2v) is 8.59. The number of amides is 1. The van der Waals surface area contributed by atoms with Crippen molar-refractivity contribution in [1.29, 1.82) is 0 Å². The van der Waals surface area contributed by atoms with Gasteiger partial charge in [0.05, 0.1) is 31.4 Å². The third-order valence-electron chi connectivity index (χ3n) is 5.84. The molecule has 3 aromatic rings. The van der Waals surface area contributed by atoms with Crippen molar-refractivity contribution in [2.75, 3.05) is 19.0 Å². The van der Waals surface area contributed by atoms with Crippen molar-refractivity contribution >= 4 is 11.6 Å². The van der Waals surface area contributed by atoms with E-state index in [4.69, 9.17) is 9.47 Å². The molecule has 6 nitrogen and oxygen atoms in total. The first-order chi connectivity index (χ1) is 16.6. The summed E-state index contributed by atoms with van der Waals surface area (Å²) in [6.45, 7) is 5.55. The highest BCUT2D eigenvalue weighted by Gasteiger charge is 2.11. The molecule has 6 heteroatoms. The van der Waals surface area contributed by atoms with Gasteiger partial charge in [-0.05, 0) is 55.7 Å². The standard InChI is InChI=1S/C28H37N3O3/c1-4-5-6-7-8-13-27(32)30-28-22(2)11-9-12-26(28)34-19-10-18-31-20-25(29-21-31)23-14-16-24(33-3)17-15-23/h9,11-12,14-17,20-21H,4-8,10,13,18-19H2,1-3H3,(H,30,32). The predicted octanol–water partition coefficient (Wildman–Crippen LogP) is 6.64. The topological polar surface area (TPSA) is 65.4 Å². The van der Waals surface area contributed by atoms with Crippen LogP contribution >= 0.6 is 0 Å². The Bertz CT molecular complexity index is 1030. The number of para-hydroxylation sites is 1. The normalized spacial score (nSPS) is 10.8. The van der Waals surface area contributed by atoms with Crippen molar-refractivity contribution in [3.05, 3.63) is 60.6 Å². The average molecular weight is 464 g/mol. The van der Waals surface area contributed by atoms with Gasteiger partial charge in [-0.3, -0.25) is 4.79 Å². The van der Waals surface area contributed by atoms with Gasteiger partial charge < -0.3 is 19.4 Å². The third-order valence-corrected chi connectivity index (χ3v) is 5.84. The molecular weight excluding hydrogens is 426 g/mol. The van der Waals surface area contributed by atoms with E-state index in [1.54, 1.807) is 7.11 Å². The van der Waals surface area contributed by atoms with Crippen LogP contribution in [0.4, 0.5) is 5.69 Å². The first-order valence-electron chi connectivity index (χ1n) is 12.3. The van der Waals surface area contributed by atoms with Crippen LogP contribution in [-0.2, 0) is 11.3 Å². The van der Waals surface area contributed by atoms with Crippen molar-refractivity contribution < 1.29 is 14.3 Å². The van der Waals surface area contributed by atoms with Crippen LogP contribution in [0.25, 0.3) is 11.3 Å². The van der Waals surface area contributed by atoms with E-state index in [-0.39, 0.29) is 5.91 Å². The Morgan fingerprint density at radius 2 is 1.82 bits per heavy atom. The minimum absolute atomic E-state index is 0.0557.